The molecule has 2 heterocycles. The number of fused-ring (bicyclic) bond motifs is 1. The van der Waals surface area contributed by atoms with E-state index in [4.69, 9.17) is 4.42 Å². The molecule has 2 amide bonds. The smallest absolute Gasteiger partial charge is 0.247 e. The second-order valence-electron chi connectivity index (χ2n) is 5.51. The van der Waals surface area contributed by atoms with Crippen molar-refractivity contribution in [2.75, 3.05) is 7.05 Å². The van der Waals surface area contributed by atoms with Gasteiger partial charge in [-0.2, -0.15) is 0 Å². The summed E-state index contributed by atoms with van der Waals surface area (Å²) in [5.41, 5.74) is 1.80. The van der Waals surface area contributed by atoms with Gasteiger partial charge < -0.3 is 14.6 Å². The maximum atomic E-state index is 12.6. The van der Waals surface area contributed by atoms with E-state index in [1.165, 1.54) is 4.90 Å². The second kappa shape index (κ2) is 5.67. The van der Waals surface area contributed by atoms with E-state index in [-0.39, 0.29) is 11.8 Å². The maximum absolute atomic E-state index is 12.6. The van der Waals surface area contributed by atoms with E-state index in [1.54, 1.807) is 7.05 Å². The number of carbonyl (C=O) groups is 2. The fraction of sp³-hybridized carbons (Fsp3) is 0.294. The summed E-state index contributed by atoms with van der Waals surface area (Å²) in [6, 6.07) is 10.7. The lowest BCUT2D eigenvalue weighted by Crippen LogP contribution is -2.45. The monoisotopic (exact) mass is 298 g/mol. The van der Waals surface area contributed by atoms with Gasteiger partial charge in [0.05, 0.1) is 13.0 Å². The van der Waals surface area contributed by atoms with Crippen LogP contribution in [0.1, 0.15) is 28.7 Å². The van der Waals surface area contributed by atoms with Gasteiger partial charge >= 0.3 is 0 Å². The third kappa shape index (κ3) is 2.62. The molecule has 0 saturated carbocycles. The molecule has 1 aliphatic rings. The summed E-state index contributed by atoms with van der Waals surface area (Å²) < 4.78 is 5.44. The normalized spacial score (nSPS) is 17.3. The predicted molar refractivity (Wildman–Crippen MR) is 80.9 cm³/mol. The van der Waals surface area contributed by atoms with Crippen LogP contribution in [0.2, 0.25) is 0 Å². The van der Waals surface area contributed by atoms with Crippen LogP contribution >= 0.6 is 0 Å². The molecule has 0 fully saturated rings. The molecule has 0 radical (unpaired) electrons. The number of amides is 2. The Morgan fingerprint density at radius 3 is 2.82 bits per heavy atom. The highest BCUT2D eigenvalue weighted by Gasteiger charge is 2.34. The van der Waals surface area contributed by atoms with Crippen molar-refractivity contribution in [3.63, 3.8) is 0 Å². The van der Waals surface area contributed by atoms with Crippen molar-refractivity contribution in [3.05, 3.63) is 59.0 Å². The Morgan fingerprint density at radius 2 is 2.09 bits per heavy atom. The molecule has 1 atom stereocenters. The fourth-order valence-corrected chi connectivity index (χ4v) is 2.77. The predicted octanol–water partition coefficient (Wildman–Crippen LogP) is 1.96. The van der Waals surface area contributed by atoms with Crippen LogP contribution in [0, 0.1) is 6.92 Å². The van der Waals surface area contributed by atoms with Gasteiger partial charge in [-0.15, -0.1) is 0 Å². The van der Waals surface area contributed by atoms with Crippen LogP contribution in [0.15, 0.2) is 40.8 Å². The molecule has 2 aromatic rings. The van der Waals surface area contributed by atoms with Gasteiger partial charge in [-0.1, -0.05) is 24.3 Å². The Kier molecular flexibility index (Phi) is 3.71. The number of nitrogens with one attached hydrogen (secondary N) is 1. The molecule has 0 saturated heterocycles. The van der Waals surface area contributed by atoms with Crippen LogP contribution in [0.3, 0.4) is 0 Å². The molecular weight excluding hydrogens is 280 g/mol. The zero-order valence-electron chi connectivity index (χ0n) is 12.6. The molecule has 1 aliphatic heterocycles. The Bertz CT molecular complexity index is 720. The highest BCUT2D eigenvalue weighted by molar-refractivity contribution is 5.92. The molecule has 1 aromatic heterocycles. The number of nitrogens with zero attached hydrogens (tertiary/aromatic N) is 1. The summed E-state index contributed by atoms with van der Waals surface area (Å²) in [7, 11) is 1.67. The van der Waals surface area contributed by atoms with Crippen molar-refractivity contribution in [1.82, 2.24) is 10.2 Å². The highest BCUT2D eigenvalue weighted by Crippen LogP contribution is 2.29. The van der Waals surface area contributed by atoms with E-state index in [0.717, 1.165) is 16.9 Å². The molecule has 0 unspecified atom stereocenters. The number of benzene rings is 1. The van der Waals surface area contributed by atoms with Crippen molar-refractivity contribution in [3.8, 4) is 0 Å². The minimum atomic E-state index is -0.589. The van der Waals surface area contributed by atoms with Crippen LogP contribution in [0.5, 0.6) is 0 Å². The lowest BCUT2D eigenvalue weighted by molar-refractivity contribution is -0.140. The minimum Gasteiger partial charge on any atom is -0.465 e. The summed E-state index contributed by atoms with van der Waals surface area (Å²) in [6.07, 6.45) is 0.341. The van der Waals surface area contributed by atoms with Crippen molar-refractivity contribution >= 4 is 11.8 Å². The lowest BCUT2D eigenvalue weighted by Gasteiger charge is -2.33. The highest BCUT2D eigenvalue weighted by atomic mass is 16.3. The van der Waals surface area contributed by atoms with Gasteiger partial charge in [-0.3, -0.25) is 9.59 Å². The molecule has 1 aromatic carbocycles. The number of furan rings is 1. The van der Waals surface area contributed by atoms with Gasteiger partial charge in [0.2, 0.25) is 11.8 Å². The third-order valence-corrected chi connectivity index (χ3v) is 3.95. The Labute approximate surface area is 128 Å². The van der Waals surface area contributed by atoms with Crippen molar-refractivity contribution < 1.29 is 14.0 Å². The van der Waals surface area contributed by atoms with E-state index >= 15 is 0 Å². The number of carbonyl (C=O) groups excluding carboxylic acids is 2. The van der Waals surface area contributed by atoms with E-state index < -0.39 is 6.04 Å². The summed E-state index contributed by atoms with van der Waals surface area (Å²) >= 11 is 0. The van der Waals surface area contributed by atoms with E-state index in [0.29, 0.717) is 18.7 Å². The lowest BCUT2D eigenvalue weighted by atomic mass is 9.92. The second-order valence-corrected chi connectivity index (χ2v) is 5.51. The van der Waals surface area contributed by atoms with Crippen LogP contribution in [-0.4, -0.2) is 23.8 Å². The third-order valence-electron chi connectivity index (χ3n) is 3.95. The van der Waals surface area contributed by atoms with Crippen LogP contribution < -0.4 is 5.32 Å². The SMILES string of the molecule is Cc1ccc(CNC(=O)[C@@H]2c3ccccc3CC(=O)N2C)o1. The minimum absolute atomic E-state index is 0.0484. The topological polar surface area (TPSA) is 62.6 Å². The van der Waals surface area contributed by atoms with Crippen molar-refractivity contribution in [2.24, 2.45) is 0 Å². The summed E-state index contributed by atoms with van der Waals surface area (Å²) in [5.74, 6) is 1.26. The molecule has 5 heteroatoms. The van der Waals surface area contributed by atoms with Gasteiger partial charge in [0.25, 0.3) is 0 Å². The molecule has 0 bridgehead atoms. The molecule has 1 N–H and O–H groups in total. The number of likely N-dealkylation sites (N-methyl/N-ethyl adjacent to an activating group) is 1. The summed E-state index contributed by atoms with van der Waals surface area (Å²) in [5, 5.41) is 2.85. The van der Waals surface area contributed by atoms with Crippen molar-refractivity contribution in [1.29, 1.82) is 0 Å². The van der Waals surface area contributed by atoms with Gasteiger partial charge in [0, 0.05) is 7.05 Å². The van der Waals surface area contributed by atoms with E-state index in [1.807, 2.05) is 43.3 Å². The number of rotatable bonds is 3. The molecule has 22 heavy (non-hydrogen) atoms. The first-order valence-electron chi connectivity index (χ1n) is 7.23. The first-order chi connectivity index (χ1) is 10.6. The largest absolute Gasteiger partial charge is 0.465 e. The van der Waals surface area contributed by atoms with E-state index in [2.05, 4.69) is 5.32 Å². The Morgan fingerprint density at radius 1 is 1.32 bits per heavy atom. The number of aryl methyl sites for hydroxylation is 1. The first kappa shape index (κ1) is 14.4. The fourth-order valence-electron chi connectivity index (χ4n) is 2.77. The Hall–Kier alpha value is -2.56. The average Bonchev–Trinajstić information content (AvgIpc) is 2.92. The molecule has 114 valence electrons. The van der Waals surface area contributed by atoms with Gasteiger partial charge in [0.1, 0.15) is 17.6 Å². The summed E-state index contributed by atoms with van der Waals surface area (Å²) in [6.45, 7) is 2.17. The maximum Gasteiger partial charge on any atom is 0.247 e. The zero-order valence-corrected chi connectivity index (χ0v) is 12.6. The molecule has 5 nitrogen and oxygen atoms in total. The van der Waals surface area contributed by atoms with E-state index in [9.17, 15) is 9.59 Å². The summed E-state index contributed by atoms with van der Waals surface area (Å²) in [4.78, 5) is 26.1. The van der Waals surface area contributed by atoms with Gasteiger partial charge in [-0.05, 0) is 30.2 Å². The van der Waals surface area contributed by atoms with Gasteiger partial charge in [-0.25, -0.2) is 0 Å². The molecular formula is C17H18N2O3. The van der Waals surface area contributed by atoms with Gasteiger partial charge in [0.15, 0.2) is 0 Å². The van der Waals surface area contributed by atoms with Crippen molar-refractivity contribution in [2.45, 2.75) is 25.9 Å². The number of hydrogen-bond donors (Lipinski definition) is 1. The Balaban J connectivity index is 1.80. The van der Waals surface area contributed by atoms with Crippen LogP contribution in [0.25, 0.3) is 0 Å². The molecule has 0 spiro atoms. The quantitative estimate of drug-likeness (QED) is 0.942. The number of hydrogen-bond acceptors (Lipinski definition) is 3. The molecule has 0 aliphatic carbocycles. The zero-order chi connectivity index (χ0) is 15.7. The first-order valence-corrected chi connectivity index (χ1v) is 7.23. The molecule has 3 rings (SSSR count). The average molecular weight is 298 g/mol. The van der Waals surface area contributed by atoms with Crippen LogP contribution in [0.4, 0.5) is 0 Å². The standard InChI is InChI=1S/C17H18N2O3/c1-11-7-8-13(22-11)10-18-17(21)16-14-6-4-3-5-12(14)9-15(20)19(16)2/h3-8,16H,9-10H2,1-2H3,(H,18,21)/t16-/m0/s1. The van der Waals surface area contributed by atoms with Crippen LogP contribution in [-0.2, 0) is 22.6 Å².